The molecule has 1 atom stereocenters. The van der Waals surface area contributed by atoms with Gasteiger partial charge in [-0.25, -0.2) is 8.78 Å². The van der Waals surface area contributed by atoms with E-state index in [1.54, 1.807) is 0 Å². The highest BCUT2D eigenvalue weighted by Gasteiger charge is 2.36. The summed E-state index contributed by atoms with van der Waals surface area (Å²) in [5.74, 6) is -1.92. The Morgan fingerprint density at radius 3 is 1.93 bits per heavy atom. The van der Waals surface area contributed by atoms with Crippen LogP contribution in [0.25, 0.3) is 0 Å². The van der Waals surface area contributed by atoms with Gasteiger partial charge in [0.25, 0.3) is 0 Å². The quantitative estimate of drug-likeness (QED) is 0.673. The van der Waals surface area contributed by atoms with Gasteiger partial charge in [0.2, 0.25) is 0 Å². The maximum absolute atomic E-state index is 13.4. The molecule has 0 aliphatic rings. The molecule has 0 aromatic heterocycles. The Balaban J connectivity index is 2.23. The van der Waals surface area contributed by atoms with E-state index in [1.807, 2.05) is 0 Å². The fraction of sp³-hybridized carbons (Fsp3) is 0.278. The molecule has 0 bridgehead atoms. The van der Waals surface area contributed by atoms with E-state index in [1.165, 1.54) is 6.07 Å². The highest BCUT2D eigenvalue weighted by molar-refractivity contribution is 5.36. The molecule has 10 heteroatoms. The van der Waals surface area contributed by atoms with Gasteiger partial charge in [-0.3, -0.25) is 5.32 Å². The van der Waals surface area contributed by atoms with Crippen LogP contribution in [0.3, 0.4) is 0 Å². The van der Waals surface area contributed by atoms with Crippen molar-refractivity contribution in [2.75, 3.05) is 6.54 Å². The van der Waals surface area contributed by atoms with E-state index in [-0.39, 0.29) is 6.54 Å². The lowest BCUT2D eigenvalue weighted by molar-refractivity contribution is -0.139. The van der Waals surface area contributed by atoms with Crippen molar-refractivity contribution in [3.05, 3.63) is 70.3 Å². The fourth-order valence-corrected chi connectivity index (χ4v) is 2.65. The van der Waals surface area contributed by atoms with Crippen LogP contribution in [-0.4, -0.2) is 6.54 Å². The van der Waals surface area contributed by atoms with Crippen LogP contribution in [0.1, 0.15) is 28.3 Å². The molecule has 28 heavy (non-hydrogen) atoms. The van der Waals surface area contributed by atoms with Crippen LogP contribution in [0.4, 0.5) is 35.1 Å². The summed E-state index contributed by atoms with van der Waals surface area (Å²) >= 11 is 0. The Morgan fingerprint density at radius 1 is 0.857 bits per heavy atom. The Kier molecular flexibility index (Phi) is 6.29. The highest BCUT2D eigenvalue weighted by Crippen LogP contribution is 2.35. The minimum Gasteiger partial charge on any atom is -0.298 e. The molecule has 0 amide bonds. The number of hydrogen-bond acceptors (Lipinski definition) is 2. The number of rotatable bonds is 5. The molecule has 150 valence electrons. The van der Waals surface area contributed by atoms with E-state index in [2.05, 4.69) is 5.32 Å². The fourth-order valence-electron chi connectivity index (χ4n) is 2.65. The monoisotopic (exact) mass is 408 g/mol. The first-order chi connectivity index (χ1) is 12.9. The molecule has 2 nitrogen and oxygen atoms in total. The number of halogens is 8. The molecule has 0 radical (unpaired) electrons. The van der Waals surface area contributed by atoms with Gasteiger partial charge in [-0.2, -0.15) is 31.6 Å². The standard InChI is InChI=1S/C18H12F8N2/c19-11-1-3-14(17(21,22)23)10(7-11)5-6-28-16(9-27)13-8-12(20)2-4-15(13)18(24,25)26/h1-4,7-8,16,28H,5-6H2. The summed E-state index contributed by atoms with van der Waals surface area (Å²) in [6.07, 6.45) is -10.0. The minimum absolute atomic E-state index is 0.376. The van der Waals surface area contributed by atoms with Gasteiger partial charge in [-0.1, -0.05) is 0 Å². The summed E-state index contributed by atoms with van der Waals surface area (Å²) in [5.41, 5.74) is -3.45. The zero-order valence-corrected chi connectivity index (χ0v) is 13.9. The third-order valence-corrected chi connectivity index (χ3v) is 3.87. The predicted octanol–water partition coefficient (Wildman–Crippen LogP) is 5.40. The van der Waals surface area contributed by atoms with Crippen molar-refractivity contribution >= 4 is 0 Å². The van der Waals surface area contributed by atoms with Crippen LogP contribution in [0.2, 0.25) is 0 Å². The summed E-state index contributed by atoms with van der Waals surface area (Å²) < 4.78 is 105. The van der Waals surface area contributed by atoms with Crippen LogP contribution >= 0.6 is 0 Å². The van der Waals surface area contributed by atoms with E-state index in [9.17, 15) is 35.1 Å². The number of nitrogens with zero attached hydrogens (tertiary/aromatic N) is 1. The van der Waals surface area contributed by atoms with Crippen molar-refractivity contribution in [2.24, 2.45) is 0 Å². The molecule has 0 saturated heterocycles. The van der Waals surface area contributed by atoms with E-state index >= 15 is 0 Å². The summed E-state index contributed by atoms with van der Waals surface area (Å²) in [4.78, 5) is 0. The second kappa shape index (κ2) is 8.14. The molecule has 0 saturated carbocycles. The van der Waals surface area contributed by atoms with Crippen molar-refractivity contribution in [1.29, 1.82) is 5.26 Å². The molecule has 1 N–H and O–H groups in total. The molecule has 0 aliphatic carbocycles. The first-order valence-electron chi connectivity index (χ1n) is 7.78. The lowest BCUT2D eigenvalue weighted by Gasteiger charge is -2.18. The average molecular weight is 408 g/mol. The van der Waals surface area contributed by atoms with Crippen LogP contribution in [0.5, 0.6) is 0 Å². The number of alkyl halides is 6. The zero-order chi connectivity index (χ0) is 21.1. The van der Waals surface area contributed by atoms with Gasteiger partial charge in [-0.15, -0.1) is 0 Å². The molecule has 1 unspecified atom stereocenters. The molecule has 0 fully saturated rings. The maximum Gasteiger partial charge on any atom is 0.416 e. The van der Waals surface area contributed by atoms with E-state index in [0.717, 1.165) is 0 Å². The molecular formula is C18H12F8N2. The molecule has 2 aromatic rings. The Hall–Kier alpha value is -2.67. The van der Waals surface area contributed by atoms with Crippen LogP contribution in [-0.2, 0) is 18.8 Å². The van der Waals surface area contributed by atoms with Crippen molar-refractivity contribution in [3.63, 3.8) is 0 Å². The number of nitriles is 1. The van der Waals surface area contributed by atoms with Gasteiger partial charge < -0.3 is 0 Å². The molecule has 2 rings (SSSR count). The van der Waals surface area contributed by atoms with Crippen molar-refractivity contribution in [1.82, 2.24) is 5.32 Å². The zero-order valence-electron chi connectivity index (χ0n) is 13.9. The van der Waals surface area contributed by atoms with Crippen LogP contribution in [0.15, 0.2) is 36.4 Å². The average Bonchev–Trinajstić information content (AvgIpc) is 2.56. The third-order valence-electron chi connectivity index (χ3n) is 3.87. The van der Waals surface area contributed by atoms with Crippen molar-refractivity contribution in [3.8, 4) is 6.07 Å². The number of nitrogens with one attached hydrogen (secondary N) is 1. The van der Waals surface area contributed by atoms with Gasteiger partial charge >= 0.3 is 12.4 Å². The maximum atomic E-state index is 13.4. The summed E-state index contributed by atoms with van der Waals surface area (Å²) in [6.45, 7) is -0.376. The largest absolute Gasteiger partial charge is 0.416 e. The first kappa shape index (κ1) is 21.6. The predicted molar refractivity (Wildman–Crippen MR) is 82.9 cm³/mol. The lowest BCUT2D eigenvalue weighted by atomic mass is 9.99. The second-order valence-electron chi connectivity index (χ2n) is 5.79. The van der Waals surface area contributed by atoms with Crippen LogP contribution < -0.4 is 5.32 Å². The Morgan fingerprint density at radius 2 is 1.39 bits per heavy atom. The second-order valence-corrected chi connectivity index (χ2v) is 5.79. The van der Waals surface area contributed by atoms with E-state index in [0.29, 0.717) is 36.4 Å². The Bertz CT molecular complexity index is 881. The molecular weight excluding hydrogens is 396 g/mol. The Labute approximate surface area is 154 Å². The first-order valence-corrected chi connectivity index (χ1v) is 7.78. The van der Waals surface area contributed by atoms with Gasteiger partial charge in [0.15, 0.2) is 0 Å². The SMILES string of the molecule is N#CC(NCCc1cc(F)ccc1C(F)(F)F)c1cc(F)ccc1C(F)(F)F. The van der Waals surface area contributed by atoms with E-state index < -0.39 is 58.7 Å². The van der Waals surface area contributed by atoms with Crippen molar-refractivity contribution < 1.29 is 35.1 Å². The summed E-state index contributed by atoms with van der Waals surface area (Å²) in [5, 5.41) is 11.5. The number of hydrogen-bond donors (Lipinski definition) is 1. The number of benzene rings is 2. The molecule has 0 aliphatic heterocycles. The normalized spacial score (nSPS) is 13.2. The minimum atomic E-state index is -4.86. The lowest BCUT2D eigenvalue weighted by Crippen LogP contribution is -2.26. The van der Waals surface area contributed by atoms with E-state index in [4.69, 9.17) is 5.26 Å². The van der Waals surface area contributed by atoms with Crippen molar-refractivity contribution in [2.45, 2.75) is 24.8 Å². The van der Waals surface area contributed by atoms with Gasteiger partial charge in [0, 0.05) is 6.54 Å². The molecule has 0 heterocycles. The van der Waals surface area contributed by atoms with Gasteiger partial charge in [0.1, 0.15) is 17.7 Å². The topological polar surface area (TPSA) is 35.8 Å². The molecule has 2 aromatic carbocycles. The summed E-state index contributed by atoms with van der Waals surface area (Å²) in [7, 11) is 0. The molecule has 0 spiro atoms. The van der Waals surface area contributed by atoms with Gasteiger partial charge in [-0.05, 0) is 53.9 Å². The highest BCUT2D eigenvalue weighted by atomic mass is 19.4. The smallest absolute Gasteiger partial charge is 0.298 e. The third kappa shape index (κ3) is 5.19. The summed E-state index contributed by atoms with van der Waals surface area (Å²) in [6, 6.07) is 3.35. The van der Waals surface area contributed by atoms with Crippen LogP contribution in [0, 0.1) is 23.0 Å². The van der Waals surface area contributed by atoms with Gasteiger partial charge in [0.05, 0.1) is 17.2 Å².